The van der Waals surface area contributed by atoms with E-state index in [0.717, 1.165) is 25.1 Å². The van der Waals surface area contributed by atoms with E-state index in [4.69, 9.17) is 11.6 Å². The average Bonchev–Trinajstić information content (AvgIpc) is 3.21. The van der Waals surface area contributed by atoms with Crippen LogP contribution in [-0.4, -0.2) is 70.8 Å². The molecule has 0 bridgehead atoms. The molecule has 1 fully saturated rings. The Morgan fingerprint density at radius 1 is 1.37 bits per heavy atom. The maximum atomic E-state index is 11.4. The fourth-order valence-corrected chi connectivity index (χ4v) is 3.81. The van der Waals surface area contributed by atoms with E-state index < -0.39 is 9.84 Å². The van der Waals surface area contributed by atoms with Crippen LogP contribution in [0.4, 0.5) is 17.5 Å². The summed E-state index contributed by atoms with van der Waals surface area (Å²) in [5.74, 6) is 1.15. The molecule has 1 atom stereocenters. The smallest absolute Gasteiger partial charge is 0.229 e. The minimum atomic E-state index is -2.96. The van der Waals surface area contributed by atoms with Crippen LogP contribution in [0.3, 0.4) is 0 Å². The first-order valence-electron chi connectivity index (χ1n) is 8.74. The summed E-state index contributed by atoms with van der Waals surface area (Å²) in [6.45, 7) is 2.11. The summed E-state index contributed by atoms with van der Waals surface area (Å²) in [4.78, 5) is 10.8. The van der Waals surface area contributed by atoms with Crippen LogP contribution in [-0.2, 0) is 16.9 Å². The molecule has 3 rings (SSSR count). The summed E-state index contributed by atoms with van der Waals surface area (Å²) in [7, 11) is -1.13. The van der Waals surface area contributed by atoms with Crippen molar-refractivity contribution < 1.29 is 8.42 Å². The number of likely N-dealkylation sites (tertiary alicyclic amines) is 1. The van der Waals surface area contributed by atoms with Crippen molar-refractivity contribution in [2.45, 2.75) is 18.9 Å². The number of nitrogens with one attached hydrogen (secondary N) is 2. The highest BCUT2D eigenvalue weighted by molar-refractivity contribution is 7.90. The van der Waals surface area contributed by atoms with Crippen LogP contribution >= 0.6 is 11.6 Å². The molecular formula is C16H24ClN7O2S. The van der Waals surface area contributed by atoms with Crippen molar-refractivity contribution in [2.75, 3.05) is 42.3 Å². The number of anilines is 3. The van der Waals surface area contributed by atoms with Gasteiger partial charge in [0.1, 0.15) is 14.9 Å². The molecule has 11 heteroatoms. The molecule has 1 saturated heterocycles. The van der Waals surface area contributed by atoms with Crippen molar-refractivity contribution in [1.82, 2.24) is 24.6 Å². The van der Waals surface area contributed by atoms with Crippen molar-refractivity contribution >= 4 is 38.9 Å². The van der Waals surface area contributed by atoms with Crippen molar-refractivity contribution in [3.05, 3.63) is 23.6 Å². The summed E-state index contributed by atoms with van der Waals surface area (Å²) in [5, 5.41) is 10.9. The van der Waals surface area contributed by atoms with Gasteiger partial charge in [-0.05, 0) is 19.4 Å². The average molecular weight is 414 g/mol. The zero-order valence-electron chi connectivity index (χ0n) is 15.4. The van der Waals surface area contributed by atoms with Crippen LogP contribution in [0.1, 0.15) is 12.8 Å². The number of rotatable bonds is 8. The molecule has 0 unspecified atom stereocenters. The van der Waals surface area contributed by atoms with Gasteiger partial charge in [-0.2, -0.15) is 10.1 Å². The highest BCUT2D eigenvalue weighted by atomic mass is 35.5. The zero-order chi connectivity index (χ0) is 19.4. The van der Waals surface area contributed by atoms with E-state index in [0.29, 0.717) is 29.9 Å². The Kier molecular flexibility index (Phi) is 6.18. The maximum Gasteiger partial charge on any atom is 0.229 e. The van der Waals surface area contributed by atoms with E-state index in [1.807, 2.05) is 13.2 Å². The molecule has 27 heavy (non-hydrogen) atoms. The summed E-state index contributed by atoms with van der Waals surface area (Å²) in [5.41, 5.74) is 0.786. The number of sulfone groups is 1. The largest absolute Gasteiger partial charge is 0.367 e. The fraction of sp³-hybridized carbons (Fsp3) is 0.562. The van der Waals surface area contributed by atoms with E-state index in [2.05, 4.69) is 30.6 Å². The van der Waals surface area contributed by atoms with Gasteiger partial charge in [-0.1, -0.05) is 11.6 Å². The van der Waals surface area contributed by atoms with Gasteiger partial charge < -0.3 is 10.6 Å². The molecule has 1 aliphatic rings. The third-order valence-electron chi connectivity index (χ3n) is 4.46. The molecular weight excluding hydrogens is 390 g/mol. The number of hydrogen-bond acceptors (Lipinski definition) is 8. The Bertz CT molecular complexity index is 887. The van der Waals surface area contributed by atoms with E-state index in [9.17, 15) is 8.42 Å². The molecule has 2 aromatic rings. The van der Waals surface area contributed by atoms with Gasteiger partial charge in [0.15, 0.2) is 5.82 Å². The van der Waals surface area contributed by atoms with E-state index in [1.54, 1.807) is 17.1 Å². The van der Waals surface area contributed by atoms with Crippen molar-refractivity contribution in [2.24, 2.45) is 7.05 Å². The van der Waals surface area contributed by atoms with Crippen LogP contribution in [0.5, 0.6) is 0 Å². The lowest BCUT2D eigenvalue weighted by Gasteiger charge is -2.24. The standard InChI is InChI=1S/C16H24ClN7O2S/c1-23-11-12(8-20-23)21-16-19-10-14(17)15(22-16)18-9-13-4-3-5-24(13)6-7-27(2,25)26/h8,10-11,13H,3-7,9H2,1-2H3,(H2,18,19,21,22)/t13-/m0/s1. The summed E-state index contributed by atoms with van der Waals surface area (Å²) in [6.07, 6.45) is 8.40. The van der Waals surface area contributed by atoms with Gasteiger partial charge in [-0.15, -0.1) is 0 Å². The molecule has 2 aromatic heterocycles. The van der Waals surface area contributed by atoms with Gasteiger partial charge in [-0.3, -0.25) is 9.58 Å². The quantitative estimate of drug-likeness (QED) is 0.671. The monoisotopic (exact) mass is 413 g/mol. The number of hydrogen-bond donors (Lipinski definition) is 2. The minimum Gasteiger partial charge on any atom is -0.367 e. The van der Waals surface area contributed by atoms with Crippen molar-refractivity contribution in [1.29, 1.82) is 0 Å². The van der Waals surface area contributed by atoms with Crippen LogP contribution in [0.15, 0.2) is 18.6 Å². The van der Waals surface area contributed by atoms with E-state index >= 15 is 0 Å². The topological polar surface area (TPSA) is 105 Å². The second kappa shape index (κ2) is 8.41. The fourth-order valence-electron chi connectivity index (χ4n) is 3.08. The van der Waals surface area contributed by atoms with Gasteiger partial charge in [0.2, 0.25) is 5.95 Å². The van der Waals surface area contributed by atoms with Crippen LogP contribution in [0.25, 0.3) is 0 Å². The summed E-state index contributed by atoms with van der Waals surface area (Å²) >= 11 is 6.22. The molecule has 0 aliphatic carbocycles. The number of nitrogens with zero attached hydrogens (tertiary/aromatic N) is 5. The van der Waals surface area contributed by atoms with Crippen LogP contribution < -0.4 is 10.6 Å². The summed E-state index contributed by atoms with van der Waals surface area (Å²) < 4.78 is 24.5. The lowest BCUT2D eigenvalue weighted by molar-refractivity contribution is 0.278. The maximum absolute atomic E-state index is 11.4. The molecule has 0 amide bonds. The highest BCUT2D eigenvalue weighted by Crippen LogP contribution is 2.23. The Balaban J connectivity index is 1.60. The number of aromatic nitrogens is 4. The molecule has 0 radical (unpaired) electrons. The SMILES string of the molecule is Cn1cc(Nc2ncc(Cl)c(NC[C@@H]3CCCN3CCS(C)(=O)=O)n2)cn1. The van der Waals surface area contributed by atoms with Gasteiger partial charge in [0, 0.05) is 38.6 Å². The molecule has 2 N–H and O–H groups in total. The molecule has 148 valence electrons. The Hall–Kier alpha value is -1.91. The Morgan fingerprint density at radius 3 is 2.89 bits per heavy atom. The lowest BCUT2D eigenvalue weighted by atomic mass is 10.2. The molecule has 9 nitrogen and oxygen atoms in total. The first-order valence-corrected chi connectivity index (χ1v) is 11.2. The zero-order valence-corrected chi connectivity index (χ0v) is 17.0. The first-order chi connectivity index (χ1) is 12.8. The van der Waals surface area contributed by atoms with Gasteiger partial charge in [0.25, 0.3) is 0 Å². The molecule has 0 spiro atoms. The minimum absolute atomic E-state index is 0.178. The molecule has 0 saturated carbocycles. The molecule has 3 heterocycles. The number of halogens is 1. The normalized spacial score (nSPS) is 18.0. The van der Waals surface area contributed by atoms with E-state index in [1.165, 1.54) is 6.26 Å². The van der Waals surface area contributed by atoms with Gasteiger partial charge in [-0.25, -0.2) is 13.4 Å². The van der Waals surface area contributed by atoms with Crippen LogP contribution in [0, 0.1) is 0 Å². The Morgan fingerprint density at radius 2 is 2.19 bits per heavy atom. The predicted octanol–water partition coefficient (Wildman–Crippen LogP) is 1.53. The number of aryl methyl sites for hydroxylation is 1. The second-order valence-electron chi connectivity index (χ2n) is 6.76. The van der Waals surface area contributed by atoms with Crippen LogP contribution in [0.2, 0.25) is 5.02 Å². The van der Waals surface area contributed by atoms with E-state index in [-0.39, 0.29) is 11.8 Å². The van der Waals surface area contributed by atoms with Crippen molar-refractivity contribution in [3.63, 3.8) is 0 Å². The van der Waals surface area contributed by atoms with Gasteiger partial charge in [0.05, 0.1) is 23.8 Å². The van der Waals surface area contributed by atoms with Gasteiger partial charge >= 0.3 is 0 Å². The molecule has 1 aliphatic heterocycles. The molecule has 0 aromatic carbocycles. The summed E-state index contributed by atoms with van der Waals surface area (Å²) in [6, 6.07) is 0.257. The third-order valence-corrected chi connectivity index (χ3v) is 5.66. The third kappa shape index (κ3) is 5.78. The predicted molar refractivity (Wildman–Crippen MR) is 106 cm³/mol. The first kappa shape index (κ1) is 19.8. The lowest BCUT2D eigenvalue weighted by Crippen LogP contribution is -2.38. The Labute approximate surface area is 164 Å². The van der Waals surface area contributed by atoms with Crippen molar-refractivity contribution in [3.8, 4) is 0 Å². The second-order valence-corrected chi connectivity index (χ2v) is 9.43. The highest BCUT2D eigenvalue weighted by Gasteiger charge is 2.25.